The van der Waals surface area contributed by atoms with Gasteiger partial charge in [0.15, 0.2) is 5.82 Å². The highest BCUT2D eigenvalue weighted by Gasteiger charge is 2.27. The van der Waals surface area contributed by atoms with Gasteiger partial charge in [-0.05, 0) is 25.2 Å². The Morgan fingerprint density at radius 1 is 1.12 bits per heavy atom. The lowest BCUT2D eigenvalue weighted by Gasteiger charge is -2.31. The van der Waals surface area contributed by atoms with Crippen LogP contribution in [0.25, 0.3) is 0 Å². The Hall–Kier alpha value is -2.23. The molecule has 1 amide bonds. The van der Waals surface area contributed by atoms with Gasteiger partial charge >= 0.3 is 0 Å². The fourth-order valence-corrected chi connectivity index (χ4v) is 4.11. The van der Waals surface area contributed by atoms with Gasteiger partial charge in [-0.3, -0.25) is 9.48 Å². The number of aromatic nitrogens is 2. The molecule has 1 fully saturated rings. The molecule has 0 aliphatic carbocycles. The molecule has 0 bridgehead atoms. The first-order valence-corrected chi connectivity index (χ1v) is 9.40. The number of piperazine rings is 1. The van der Waals surface area contributed by atoms with Crippen molar-refractivity contribution in [2.45, 2.75) is 4.90 Å². The summed E-state index contributed by atoms with van der Waals surface area (Å²) in [5.41, 5.74) is 0.279. The summed E-state index contributed by atoms with van der Waals surface area (Å²) in [5, 5.41) is 6.74. The van der Waals surface area contributed by atoms with Crippen LogP contribution in [0, 0.1) is 0 Å². The third-order valence-electron chi connectivity index (χ3n) is 4.15. The Morgan fingerprint density at radius 2 is 1.84 bits per heavy atom. The number of amides is 1. The number of hydrogen-bond acceptors (Lipinski definition) is 5. The van der Waals surface area contributed by atoms with Crippen molar-refractivity contribution in [3.8, 4) is 0 Å². The third kappa shape index (κ3) is 3.89. The van der Waals surface area contributed by atoms with E-state index < -0.39 is 15.9 Å². The van der Waals surface area contributed by atoms with Gasteiger partial charge in [0.25, 0.3) is 5.91 Å². The van der Waals surface area contributed by atoms with E-state index in [2.05, 4.69) is 15.3 Å². The summed E-state index contributed by atoms with van der Waals surface area (Å²) in [6.45, 7) is 2.28. The second-order valence-electron chi connectivity index (χ2n) is 6.06. The summed E-state index contributed by atoms with van der Waals surface area (Å²) in [6.07, 6.45) is 1.71. The van der Waals surface area contributed by atoms with Crippen LogP contribution in [-0.4, -0.2) is 66.5 Å². The summed E-state index contributed by atoms with van der Waals surface area (Å²) in [7, 11) is 0.110. The number of likely N-dealkylation sites (N-methyl/N-ethyl adjacent to an activating group) is 1. The zero-order valence-corrected chi connectivity index (χ0v) is 15.0. The number of rotatable bonds is 4. The lowest BCUT2D eigenvalue weighted by molar-refractivity contribution is 0.102. The zero-order chi connectivity index (χ0) is 18.0. The molecule has 0 spiro atoms. The number of nitrogens with one attached hydrogen (secondary N) is 1. The molecule has 0 saturated carbocycles. The minimum Gasteiger partial charge on any atom is -0.305 e. The van der Waals surface area contributed by atoms with E-state index in [1.807, 2.05) is 7.05 Å². The van der Waals surface area contributed by atoms with Crippen molar-refractivity contribution in [1.29, 1.82) is 0 Å². The highest BCUT2D eigenvalue weighted by atomic mass is 32.2. The average Bonchev–Trinajstić information content (AvgIpc) is 3.00. The summed E-state index contributed by atoms with van der Waals surface area (Å²) in [6, 6.07) is 7.76. The number of carbonyl (C=O) groups excluding carboxylic acids is 1. The van der Waals surface area contributed by atoms with Crippen LogP contribution in [0.2, 0.25) is 0 Å². The van der Waals surface area contributed by atoms with Crippen LogP contribution in [0.4, 0.5) is 5.82 Å². The highest BCUT2D eigenvalue weighted by molar-refractivity contribution is 7.89. The van der Waals surface area contributed by atoms with Gasteiger partial charge in [-0.1, -0.05) is 6.07 Å². The predicted octanol–water partition coefficient (Wildman–Crippen LogP) is 0.608. The molecular formula is C16H21N5O3S. The van der Waals surface area contributed by atoms with Crippen LogP contribution in [0.1, 0.15) is 10.4 Å². The Labute approximate surface area is 147 Å². The van der Waals surface area contributed by atoms with Gasteiger partial charge in [0.1, 0.15) is 0 Å². The summed E-state index contributed by atoms with van der Waals surface area (Å²) in [5.74, 6) is 0.0222. The summed E-state index contributed by atoms with van der Waals surface area (Å²) in [4.78, 5) is 14.6. The Kier molecular flexibility index (Phi) is 4.89. The van der Waals surface area contributed by atoms with E-state index in [0.29, 0.717) is 32.0 Å². The van der Waals surface area contributed by atoms with E-state index in [0.717, 1.165) is 0 Å². The lowest BCUT2D eigenvalue weighted by atomic mass is 10.2. The normalized spacial score (nSPS) is 16.7. The van der Waals surface area contributed by atoms with Gasteiger partial charge in [-0.25, -0.2) is 8.42 Å². The largest absolute Gasteiger partial charge is 0.305 e. The van der Waals surface area contributed by atoms with Crippen molar-refractivity contribution in [1.82, 2.24) is 19.0 Å². The van der Waals surface area contributed by atoms with Gasteiger partial charge in [-0.15, -0.1) is 0 Å². The molecule has 9 heteroatoms. The molecule has 8 nitrogen and oxygen atoms in total. The molecule has 1 aliphatic heterocycles. The van der Waals surface area contributed by atoms with Gasteiger partial charge in [-0.2, -0.15) is 9.40 Å². The SMILES string of the molecule is CN1CCN(S(=O)(=O)c2cccc(C(=O)Nc3ccn(C)n3)c2)CC1. The molecule has 25 heavy (non-hydrogen) atoms. The number of carbonyl (C=O) groups is 1. The molecule has 2 heterocycles. The number of nitrogens with zero attached hydrogens (tertiary/aromatic N) is 4. The van der Waals surface area contributed by atoms with Crippen molar-refractivity contribution in [3.05, 3.63) is 42.1 Å². The second kappa shape index (κ2) is 6.95. The molecule has 3 rings (SSSR count). The van der Waals surface area contributed by atoms with E-state index >= 15 is 0 Å². The quantitative estimate of drug-likeness (QED) is 0.860. The topological polar surface area (TPSA) is 87.5 Å². The van der Waals surface area contributed by atoms with Crippen molar-refractivity contribution >= 4 is 21.7 Å². The number of benzene rings is 1. The number of anilines is 1. The fourth-order valence-electron chi connectivity index (χ4n) is 2.65. The highest BCUT2D eigenvalue weighted by Crippen LogP contribution is 2.19. The third-order valence-corrected chi connectivity index (χ3v) is 6.05. The molecule has 1 aromatic carbocycles. The van der Waals surface area contributed by atoms with Crippen LogP contribution in [-0.2, 0) is 17.1 Å². The lowest BCUT2D eigenvalue weighted by Crippen LogP contribution is -2.47. The van der Waals surface area contributed by atoms with Crippen LogP contribution < -0.4 is 5.32 Å². The Balaban J connectivity index is 1.79. The van der Waals surface area contributed by atoms with Crippen LogP contribution >= 0.6 is 0 Å². The van der Waals surface area contributed by atoms with Gasteiger partial charge in [0.05, 0.1) is 4.90 Å². The predicted molar refractivity (Wildman–Crippen MR) is 93.9 cm³/mol. The monoisotopic (exact) mass is 363 g/mol. The summed E-state index contributed by atoms with van der Waals surface area (Å²) < 4.78 is 28.6. The molecule has 0 radical (unpaired) electrons. The van der Waals surface area contributed by atoms with Crippen LogP contribution in [0.15, 0.2) is 41.4 Å². The van der Waals surface area contributed by atoms with Crippen LogP contribution in [0.5, 0.6) is 0 Å². The number of hydrogen-bond donors (Lipinski definition) is 1. The fraction of sp³-hybridized carbons (Fsp3) is 0.375. The maximum Gasteiger partial charge on any atom is 0.256 e. The second-order valence-corrected chi connectivity index (χ2v) is 8.00. The Bertz CT molecular complexity index is 869. The first-order chi connectivity index (χ1) is 11.9. The molecule has 1 aromatic heterocycles. The van der Waals surface area contributed by atoms with Gasteiger partial charge in [0, 0.05) is 51.1 Å². The molecular weight excluding hydrogens is 342 g/mol. The number of aryl methyl sites for hydroxylation is 1. The minimum atomic E-state index is -3.60. The summed E-state index contributed by atoms with van der Waals surface area (Å²) >= 11 is 0. The van der Waals surface area contributed by atoms with Crippen molar-refractivity contribution in [3.63, 3.8) is 0 Å². The van der Waals surface area contributed by atoms with E-state index in [9.17, 15) is 13.2 Å². The molecule has 0 unspecified atom stereocenters. The van der Waals surface area contributed by atoms with Crippen molar-refractivity contribution in [2.24, 2.45) is 7.05 Å². The molecule has 1 saturated heterocycles. The standard InChI is InChI=1S/C16H21N5O3S/c1-19-8-10-21(11-9-19)25(23,24)14-5-3-4-13(12-14)16(22)17-15-6-7-20(2)18-15/h3-7,12H,8-11H2,1-2H3,(H,17,18,22). The first-order valence-electron chi connectivity index (χ1n) is 7.96. The van der Waals surface area contributed by atoms with Crippen molar-refractivity contribution < 1.29 is 13.2 Å². The average molecular weight is 363 g/mol. The molecule has 1 aliphatic rings. The smallest absolute Gasteiger partial charge is 0.256 e. The van der Waals surface area contributed by atoms with Crippen molar-refractivity contribution in [2.75, 3.05) is 38.5 Å². The molecule has 0 atom stereocenters. The van der Waals surface area contributed by atoms with Gasteiger partial charge in [0.2, 0.25) is 10.0 Å². The first kappa shape index (κ1) is 17.6. The molecule has 1 N–H and O–H groups in total. The van der Waals surface area contributed by atoms with E-state index in [1.54, 1.807) is 36.1 Å². The maximum atomic E-state index is 12.8. The van der Waals surface area contributed by atoms with E-state index in [-0.39, 0.29) is 10.5 Å². The van der Waals surface area contributed by atoms with E-state index in [4.69, 9.17) is 0 Å². The van der Waals surface area contributed by atoms with E-state index in [1.165, 1.54) is 16.4 Å². The zero-order valence-electron chi connectivity index (χ0n) is 14.2. The minimum absolute atomic E-state index is 0.130. The van der Waals surface area contributed by atoms with Crippen LogP contribution in [0.3, 0.4) is 0 Å². The molecule has 134 valence electrons. The Morgan fingerprint density at radius 3 is 2.48 bits per heavy atom. The number of sulfonamides is 1. The molecule has 2 aromatic rings. The maximum absolute atomic E-state index is 12.8. The van der Waals surface area contributed by atoms with Gasteiger partial charge < -0.3 is 10.2 Å².